The van der Waals surface area contributed by atoms with Gasteiger partial charge in [-0.25, -0.2) is 0 Å². The average molecular weight is 304 g/mol. The second kappa shape index (κ2) is 6.21. The van der Waals surface area contributed by atoms with E-state index in [0.29, 0.717) is 21.4 Å². The quantitative estimate of drug-likeness (QED) is 0.744. The molecule has 0 saturated heterocycles. The minimum atomic E-state index is -0.799. The summed E-state index contributed by atoms with van der Waals surface area (Å²) in [5.74, 6) is -0.607. The van der Waals surface area contributed by atoms with E-state index in [1.54, 1.807) is 11.4 Å². The smallest absolute Gasteiger partial charge is 0.195 e. The molecule has 2 nitrogen and oxygen atoms in total. The van der Waals surface area contributed by atoms with Crippen LogP contribution in [0.3, 0.4) is 0 Å². The summed E-state index contributed by atoms with van der Waals surface area (Å²) < 4.78 is 0. The van der Waals surface area contributed by atoms with Gasteiger partial charge in [0.1, 0.15) is 5.92 Å². The molecule has 4 heteroatoms. The van der Waals surface area contributed by atoms with Gasteiger partial charge in [-0.2, -0.15) is 5.26 Å². The van der Waals surface area contributed by atoms with Crippen LogP contribution in [-0.4, -0.2) is 5.78 Å². The van der Waals surface area contributed by atoms with Crippen molar-refractivity contribution in [2.45, 2.75) is 25.7 Å². The van der Waals surface area contributed by atoms with E-state index in [9.17, 15) is 10.1 Å². The zero-order valence-corrected chi connectivity index (χ0v) is 12.8. The highest BCUT2D eigenvalue weighted by Gasteiger charge is 2.24. The minimum absolute atomic E-state index is 0.232. The van der Waals surface area contributed by atoms with Crippen molar-refractivity contribution in [2.24, 2.45) is 0 Å². The highest BCUT2D eigenvalue weighted by Crippen LogP contribution is 2.29. The number of halogens is 1. The molecule has 2 aromatic rings. The van der Waals surface area contributed by atoms with Gasteiger partial charge in [-0.1, -0.05) is 49.7 Å². The first kappa shape index (κ1) is 14.8. The molecule has 0 aliphatic rings. The van der Waals surface area contributed by atoms with Crippen LogP contribution in [0.5, 0.6) is 0 Å². The summed E-state index contributed by atoms with van der Waals surface area (Å²) in [4.78, 5) is 12.8. The molecule has 0 fully saturated rings. The van der Waals surface area contributed by atoms with Crippen molar-refractivity contribution < 1.29 is 4.79 Å². The van der Waals surface area contributed by atoms with Gasteiger partial charge in [0.05, 0.1) is 16.0 Å². The van der Waals surface area contributed by atoms with Crippen LogP contribution in [0.25, 0.3) is 0 Å². The summed E-state index contributed by atoms with van der Waals surface area (Å²) >= 11 is 7.24. The topological polar surface area (TPSA) is 40.9 Å². The Balaban J connectivity index is 2.31. The Morgan fingerprint density at radius 1 is 1.20 bits per heavy atom. The summed E-state index contributed by atoms with van der Waals surface area (Å²) in [7, 11) is 0. The van der Waals surface area contributed by atoms with E-state index in [4.69, 9.17) is 11.6 Å². The van der Waals surface area contributed by atoms with Gasteiger partial charge in [0.25, 0.3) is 0 Å². The van der Waals surface area contributed by atoms with Gasteiger partial charge >= 0.3 is 0 Å². The predicted molar refractivity (Wildman–Crippen MR) is 82.5 cm³/mol. The number of Topliss-reactive ketones (excluding diaryl/α,β-unsaturated/α-hetero) is 1. The molecule has 1 heterocycles. The lowest BCUT2D eigenvalue weighted by atomic mass is 9.92. The number of rotatable bonds is 4. The average Bonchev–Trinajstić information content (AvgIpc) is 2.86. The normalized spacial score (nSPS) is 12.2. The molecule has 0 bridgehead atoms. The molecule has 1 aromatic carbocycles. The summed E-state index contributed by atoms with van der Waals surface area (Å²) in [5.41, 5.74) is 1.90. The zero-order chi connectivity index (χ0) is 14.7. The molecule has 0 aliphatic heterocycles. The van der Waals surface area contributed by atoms with E-state index < -0.39 is 5.92 Å². The van der Waals surface area contributed by atoms with Gasteiger partial charge in [0, 0.05) is 0 Å². The molecular formula is C16H14ClNOS. The number of carbonyl (C=O) groups is 1. The van der Waals surface area contributed by atoms with E-state index in [0.717, 1.165) is 0 Å². The van der Waals surface area contributed by atoms with Crippen molar-refractivity contribution in [1.29, 1.82) is 5.26 Å². The van der Waals surface area contributed by atoms with Crippen LogP contribution in [0.2, 0.25) is 5.02 Å². The summed E-state index contributed by atoms with van der Waals surface area (Å²) in [5, 5.41) is 11.5. The van der Waals surface area contributed by atoms with E-state index in [2.05, 4.69) is 19.9 Å². The second-order valence-corrected chi connectivity index (χ2v) is 6.17. The van der Waals surface area contributed by atoms with Crippen LogP contribution in [0, 0.1) is 11.3 Å². The molecule has 102 valence electrons. The molecule has 20 heavy (non-hydrogen) atoms. The first-order valence-corrected chi connectivity index (χ1v) is 7.57. The maximum absolute atomic E-state index is 12.4. The minimum Gasteiger partial charge on any atom is -0.291 e. The maximum atomic E-state index is 12.4. The number of ketones is 1. The van der Waals surface area contributed by atoms with Gasteiger partial charge in [0.2, 0.25) is 0 Å². The lowest BCUT2D eigenvalue weighted by molar-refractivity contribution is 0.0983. The third-order valence-electron chi connectivity index (χ3n) is 3.17. The Morgan fingerprint density at radius 3 is 2.25 bits per heavy atom. The fourth-order valence-electron chi connectivity index (χ4n) is 1.96. The molecule has 0 aliphatic carbocycles. The van der Waals surface area contributed by atoms with Gasteiger partial charge in [0.15, 0.2) is 5.78 Å². The van der Waals surface area contributed by atoms with Crippen molar-refractivity contribution in [3.8, 4) is 6.07 Å². The van der Waals surface area contributed by atoms with Crippen molar-refractivity contribution in [3.63, 3.8) is 0 Å². The Bertz CT molecular complexity index is 652. The second-order valence-electron chi connectivity index (χ2n) is 4.85. The number of hydrogen-bond acceptors (Lipinski definition) is 3. The number of benzene rings is 1. The zero-order valence-electron chi connectivity index (χ0n) is 11.3. The van der Waals surface area contributed by atoms with Gasteiger partial charge in [-0.05, 0) is 28.5 Å². The van der Waals surface area contributed by atoms with Crippen molar-refractivity contribution in [1.82, 2.24) is 0 Å². The third kappa shape index (κ3) is 2.92. The predicted octanol–water partition coefficient (Wildman–Crippen LogP) is 5.01. The molecule has 0 N–H and O–H groups in total. The van der Waals surface area contributed by atoms with Crippen LogP contribution in [0.1, 0.15) is 46.5 Å². The van der Waals surface area contributed by atoms with Gasteiger partial charge in [-0.3, -0.25) is 4.79 Å². The fourth-order valence-corrected chi connectivity index (χ4v) is 3.08. The highest BCUT2D eigenvalue weighted by atomic mass is 35.5. The molecule has 0 radical (unpaired) electrons. The van der Waals surface area contributed by atoms with E-state index >= 15 is 0 Å². The van der Waals surface area contributed by atoms with Crippen LogP contribution < -0.4 is 0 Å². The first-order chi connectivity index (χ1) is 9.54. The van der Waals surface area contributed by atoms with Gasteiger partial charge in [-0.15, -0.1) is 11.3 Å². The van der Waals surface area contributed by atoms with Crippen LogP contribution in [0.15, 0.2) is 35.7 Å². The molecule has 1 unspecified atom stereocenters. The molecule has 2 rings (SSSR count). The van der Waals surface area contributed by atoms with Crippen LogP contribution >= 0.6 is 22.9 Å². The fraction of sp³-hybridized carbons (Fsp3) is 0.250. The Hall–Kier alpha value is -1.63. The maximum Gasteiger partial charge on any atom is 0.195 e. The monoisotopic (exact) mass is 303 g/mol. The number of nitriles is 1. The van der Waals surface area contributed by atoms with Crippen LogP contribution in [-0.2, 0) is 0 Å². The van der Waals surface area contributed by atoms with Crippen molar-refractivity contribution in [2.75, 3.05) is 0 Å². The summed E-state index contributed by atoms with van der Waals surface area (Å²) in [6, 6.07) is 11.4. The molecule has 0 spiro atoms. The number of hydrogen-bond donors (Lipinski definition) is 0. The Kier molecular flexibility index (Phi) is 4.59. The van der Waals surface area contributed by atoms with Crippen molar-refractivity contribution >= 4 is 28.7 Å². The molecule has 0 amide bonds. The van der Waals surface area contributed by atoms with Crippen LogP contribution in [0.4, 0.5) is 0 Å². The summed E-state index contributed by atoms with van der Waals surface area (Å²) in [6.07, 6.45) is 0. The number of carbonyl (C=O) groups excluding carboxylic acids is 1. The largest absolute Gasteiger partial charge is 0.291 e. The van der Waals surface area contributed by atoms with E-state index in [1.165, 1.54) is 16.9 Å². The van der Waals surface area contributed by atoms with Crippen molar-refractivity contribution in [3.05, 3.63) is 56.7 Å². The molecular weight excluding hydrogens is 290 g/mol. The lowest BCUT2D eigenvalue weighted by Gasteiger charge is -2.10. The van der Waals surface area contributed by atoms with E-state index in [1.807, 2.05) is 24.3 Å². The SMILES string of the molecule is CC(C)c1ccc(C(C#N)C(=O)c2sccc2Cl)cc1. The number of nitrogens with zero attached hydrogens (tertiary/aromatic N) is 1. The lowest BCUT2D eigenvalue weighted by Crippen LogP contribution is -2.10. The Labute approximate surface area is 127 Å². The van der Waals surface area contributed by atoms with Gasteiger partial charge < -0.3 is 0 Å². The highest BCUT2D eigenvalue weighted by molar-refractivity contribution is 7.12. The van der Waals surface area contributed by atoms with E-state index in [-0.39, 0.29) is 5.78 Å². The molecule has 1 atom stereocenters. The molecule has 1 aromatic heterocycles. The summed E-state index contributed by atoms with van der Waals surface area (Å²) in [6.45, 7) is 4.21. The first-order valence-electron chi connectivity index (χ1n) is 6.31. The Morgan fingerprint density at radius 2 is 1.80 bits per heavy atom. The standard InChI is InChI=1S/C16H14ClNOS/c1-10(2)11-3-5-12(6-4-11)13(9-18)15(19)16-14(17)7-8-20-16/h3-8,10,13H,1-2H3. The third-order valence-corrected chi connectivity index (χ3v) is 4.52. The molecule has 0 saturated carbocycles. The number of thiophene rings is 1.